The third kappa shape index (κ3) is 6.13. The van der Waals surface area contributed by atoms with Crippen LogP contribution >= 0.6 is 27.7 Å². The molecule has 0 N–H and O–H groups in total. The summed E-state index contributed by atoms with van der Waals surface area (Å²) >= 11 is 5.07. The second-order valence-corrected chi connectivity index (χ2v) is 6.60. The van der Waals surface area contributed by atoms with Crippen LogP contribution in [0.4, 0.5) is 0 Å². The SMILES string of the molecule is CC(Br)CCN(C)C(=O)CSc1ccccc1. The van der Waals surface area contributed by atoms with E-state index in [2.05, 4.69) is 22.9 Å². The lowest BCUT2D eigenvalue weighted by Gasteiger charge is -2.17. The first-order chi connectivity index (χ1) is 8.09. The molecule has 1 aromatic carbocycles. The number of rotatable bonds is 6. The molecule has 0 bridgehead atoms. The second kappa shape index (κ2) is 7.77. The van der Waals surface area contributed by atoms with Crippen molar-refractivity contribution in [3.8, 4) is 0 Å². The topological polar surface area (TPSA) is 20.3 Å². The monoisotopic (exact) mass is 315 g/mol. The molecule has 4 heteroatoms. The number of amides is 1. The first kappa shape index (κ1) is 14.6. The highest BCUT2D eigenvalue weighted by atomic mass is 79.9. The third-order valence-electron chi connectivity index (χ3n) is 2.39. The molecule has 0 fully saturated rings. The van der Waals surface area contributed by atoms with Crippen molar-refractivity contribution in [2.24, 2.45) is 0 Å². The zero-order valence-corrected chi connectivity index (χ0v) is 12.6. The van der Waals surface area contributed by atoms with Crippen LogP contribution in [-0.4, -0.2) is 35.0 Å². The predicted molar refractivity (Wildman–Crippen MR) is 77.8 cm³/mol. The zero-order chi connectivity index (χ0) is 12.7. The number of alkyl halides is 1. The van der Waals surface area contributed by atoms with Crippen molar-refractivity contribution in [1.29, 1.82) is 0 Å². The Labute approximate surface area is 116 Å². The molecule has 94 valence electrons. The number of hydrogen-bond donors (Lipinski definition) is 0. The molecule has 1 rings (SSSR count). The molecule has 0 radical (unpaired) electrons. The molecular formula is C13H18BrNOS. The average molecular weight is 316 g/mol. The standard InChI is InChI=1S/C13H18BrNOS/c1-11(14)8-9-15(2)13(16)10-17-12-6-4-3-5-7-12/h3-7,11H,8-10H2,1-2H3. The van der Waals surface area contributed by atoms with Gasteiger partial charge in [-0.1, -0.05) is 41.1 Å². The van der Waals surface area contributed by atoms with Gasteiger partial charge in [0.2, 0.25) is 5.91 Å². The molecule has 0 saturated heterocycles. The summed E-state index contributed by atoms with van der Waals surface area (Å²) in [5, 5.41) is 0. The van der Waals surface area contributed by atoms with Crippen LogP contribution in [0.1, 0.15) is 13.3 Å². The van der Waals surface area contributed by atoms with E-state index in [0.29, 0.717) is 10.6 Å². The van der Waals surface area contributed by atoms with E-state index in [9.17, 15) is 4.79 Å². The van der Waals surface area contributed by atoms with E-state index in [-0.39, 0.29) is 5.91 Å². The lowest BCUT2D eigenvalue weighted by molar-refractivity contribution is -0.127. The Morgan fingerprint density at radius 1 is 1.41 bits per heavy atom. The molecule has 0 aliphatic carbocycles. The molecule has 17 heavy (non-hydrogen) atoms. The summed E-state index contributed by atoms with van der Waals surface area (Å²) in [5.74, 6) is 0.698. The first-order valence-corrected chi connectivity index (χ1v) is 7.55. The van der Waals surface area contributed by atoms with Gasteiger partial charge in [-0.05, 0) is 18.6 Å². The van der Waals surface area contributed by atoms with Crippen molar-refractivity contribution in [3.63, 3.8) is 0 Å². The van der Waals surface area contributed by atoms with Gasteiger partial charge in [0.05, 0.1) is 5.75 Å². The molecule has 1 unspecified atom stereocenters. The van der Waals surface area contributed by atoms with Crippen LogP contribution in [0.3, 0.4) is 0 Å². The second-order valence-electron chi connectivity index (χ2n) is 3.99. The van der Waals surface area contributed by atoms with Gasteiger partial charge >= 0.3 is 0 Å². The van der Waals surface area contributed by atoms with Crippen LogP contribution in [-0.2, 0) is 4.79 Å². The Kier molecular flexibility index (Phi) is 6.66. The molecule has 1 amide bonds. The lowest BCUT2D eigenvalue weighted by Crippen LogP contribution is -2.30. The minimum atomic E-state index is 0.187. The summed E-state index contributed by atoms with van der Waals surface area (Å²) in [6.45, 7) is 2.90. The molecule has 0 heterocycles. The van der Waals surface area contributed by atoms with Crippen molar-refractivity contribution < 1.29 is 4.79 Å². The van der Waals surface area contributed by atoms with Gasteiger partial charge in [-0.3, -0.25) is 4.79 Å². The van der Waals surface area contributed by atoms with Crippen LogP contribution in [0, 0.1) is 0 Å². The highest BCUT2D eigenvalue weighted by Crippen LogP contribution is 2.17. The molecule has 0 aliphatic heterocycles. The Morgan fingerprint density at radius 3 is 2.65 bits per heavy atom. The van der Waals surface area contributed by atoms with Gasteiger partial charge in [0.25, 0.3) is 0 Å². The normalized spacial score (nSPS) is 12.2. The number of carbonyl (C=O) groups excluding carboxylic acids is 1. The molecule has 0 aliphatic rings. The molecule has 1 atom stereocenters. The van der Waals surface area contributed by atoms with Gasteiger partial charge in [-0.25, -0.2) is 0 Å². The smallest absolute Gasteiger partial charge is 0.232 e. The first-order valence-electron chi connectivity index (χ1n) is 5.65. The fraction of sp³-hybridized carbons (Fsp3) is 0.462. The largest absolute Gasteiger partial charge is 0.345 e. The van der Waals surface area contributed by atoms with E-state index in [1.165, 1.54) is 0 Å². The van der Waals surface area contributed by atoms with Crippen molar-refractivity contribution in [2.45, 2.75) is 23.1 Å². The fourth-order valence-electron chi connectivity index (χ4n) is 1.27. The van der Waals surface area contributed by atoms with Gasteiger partial charge in [0, 0.05) is 23.3 Å². The van der Waals surface area contributed by atoms with Crippen LogP contribution in [0.25, 0.3) is 0 Å². The summed E-state index contributed by atoms with van der Waals surface area (Å²) in [4.78, 5) is 15.2. The van der Waals surface area contributed by atoms with Gasteiger partial charge < -0.3 is 4.90 Å². The Morgan fingerprint density at radius 2 is 2.06 bits per heavy atom. The van der Waals surface area contributed by atoms with Crippen molar-refractivity contribution in [2.75, 3.05) is 19.3 Å². The van der Waals surface area contributed by atoms with Crippen molar-refractivity contribution in [3.05, 3.63) is 30.3 Å². The van der Waals surface area contributed by atoms with Crippen molar-refractivity contribution in [1.82, 2.24) is 4.90 Å². The van der Waals surface area contributed by atoms with Gasteiger partial charge in [-0.2, -0.15) is 0 Å². The molecule has 2 nitrogen and oxygen atoms in total. The zero-order valence-electron chi connectivity index (χ0n) is 10.2. The van der Waals surface area contributed by atoms with E-state index in [0.717, 1.165) is 17.9 Å². The molecule has 0 saturated carbocycles. The molecule has 0 aromatic heterocycles. The summed E-state index contributed by atoms with van der Waals surface area (Å²) in [7, 11) is 1.86. The summed E-state index contributed by atoms with van der Waals surface area (Å²) in [5.41, 5.74) is 0. The molecular weight excluding hydrogens is 298 g/mol. The number of carbonyl (C=O) groups is 1. The summed E-state index contributed by atoms with van der Waals surface area (Å²) in [6, 6.07) is 10.0. The van der Waals surface area contributed by atoms with Crippen LogP contribution in [0.2, 0.25) is 0 Å². The maximum Gasteiger partial charge on any atom is 0.232 e. The highest BCUT2D eigenvalue weighted by Gasteiger charge is 2.09. The number of nitrogens with zero attached hydrogens (tertiary/aromatic N) is 1. The number of halogens is 1. The van der Waals surface area contributed by atoms with E-state index in [4.69, 9.17) is 0 Å². The van der Waals surface area contributed by atoms with E-state index >= 15 is 0 Å². The highest BCUT2D eigenvalue weighted by molar-refractivity contribution is 9.09. The van der Waals surface area contributed by atoms with Crippen molar-refractivity contribution >= 4 is 33.6 Å². The van der Waals surface area contributed by atoms with E-state index in [1.807, 2.05) is 37.4 Å². The fourth-order valence-corrected chi connectivity index (χ4v) is 2.33. The van der Waals surface area contributed by atoms with Crippen LogP contribution in [0.5, 0.6) is 0 Å². The quantitative estimate of drug-likeness (QED) is 0.592. The number of hydrogen-bond acceptors (Lipinski definition) is 2. The summed E-state index contributed by atoms with van der Waals surface area (Å²) in [6.07, 6.45) is 0.984. The minimum absolute atomic E-state index is 0.187. The predicted octanol–water partition coefficient (Wildman–Crippen LogP) is 3.41. The third-order valence-corrected chi connectivity index (χ3v) is 3.85. The average Bonchev–Trinajstić information content (AvgIpc) is 2.34. The van der Waals surface area contributed by atoms with E-state index in [1.54, 1.807) is 16.7 Å². The van der Waals surface area contributed by atoms with Crippen LogP contribution < -0.4 is 0 Å². The summed E-state index contributed by atoms with van der Waals surface area (Å²) < 4.78 is 0. The van der Waals surface area contributed by atoms with Crippen LogP contribution in [0.15, 0.2) is 35.2 Å². The molecule has 1 aromatic rings. The van der Waals surface area contributed by atoms with Gasteiger partial charge in [0.15, 0.2) is 0 Å². The number of thioether (sulfide) groups is 1. The van der Waals surface area contributed by atoms with Gasteiger partial charge in [0.1, 0.15) is 0 Å². The Bertz CT molecular complexity index is 343. The molecule has 0 spiro atoms. The van der Waals surface area contributed by atoms with Gasteiger partial charge in [-0.15, -0.1) is 11.8 Å². The Balaban J connectivity index is 2.29. The van der Waals surface area contributed by atoms with E-state index < -0.39 is 0 Å². The lowest BCUT2D eigenvalue weighted by atomic mass is 10.3. The number of benzene rings is 1. The minimum Gasteiger partial charge on any atom is -0.345 e. The Hall–Kier alpha value is -0.480. The maximum absolute atomic E-state index is 11.8. The maximum atomic E-state index is 11.8.